The maximum atomic E-state index is 15.4. The van der Waals surface area contributed by atoms with Crippen LogP contribution < -0.4 is 11.1 Å². The molecule has 2 aromatic rings. The number of aliphatic hydroxyl groups excluding tert-OH is 1. The molecule has 1 aliphatic heterocycles. The Bertz CT molecular complexity index is 1130. The molecule has 0 bridgehead atoms. The van der Waals surface area contributed by atoms with E-state index in [1.54, 1.807) is 0 Å². The van der Waals surface area contributed by atoms with Gasteiger partial charge in [-0.1, -0.05) is 53.6 Å². The number of carboxylic acids is 1. The highest BCUT2D eigenvalue weighted by Crippen LogP contribution is 2.51. The average Bonchev–Trinajstić information content (AvgIpc) is 3.09. The van der Waals surface area contributed by atoms with E-state index in [-0.39, 0.29) is 34.2 Å². The zero-order chi connectivity index (χ0) is 24.7. The van der Waals surface area contributed by atoms with E-state index in [0.717, 1.165) is 12.5 Å². The smallest absolute Gasteiger partial charge is 0.321 e. The number of allylic oxidation sites excluding steroid dienone is 2. The van der Waals surface area contributed by atoms with Crippen molar-refractivity contribution in [1.82, 2.24) is 5.32 Å². The zero-order valence-electron chi connectivity index (χ0n) is 18.3. The molecule has 0 radical (unpaired) electrons. The summed E-state index contributed by atoms with van der Waals surface area (Å²) in [5.41, 5.74) is 4.74. The van der Waals surface area contributed by atoms with Crippen LogP contribution in [0.5, 0.6) is 0 Å². The molecule has 0 aromatic heterocycles. The molecule has 1 heterocycles. The topological polar surface area (TPSA) is 95.6 Å². The molecular weight excluding hydrogens is 485 g/mol. The monoisotopic (exact) mass is 510 g/mol. The fraction of sp³-hybridized carbons (Fsp3) is 0.400. The lowest BCUT2D eigenvalue weighted by Crippen LogP contribution is -2.53. The zero-order valence-corrected chi connectivity index (χ0v) is 19.8. The number of nitrogens with one attached hydrogen (secondary N) is 1. The Morgan fingerprint density at radius 1 is 1.21 bits per heavy atom. The van der Waals surface area contributed by atoms with Gasteiger partial charge in [0.2, 0.25) is 0 Å². The van der Waals surface area contributed by atoms with E-state index in [4.69, 9.17) is 28.9 Å². The molecule has 5 N–H and O–H groups in total. The Balaban J connectivity index is 1.93. The summed E-state index contributed by atoms with van der Waals surface area (Å²) in [4.78, 5) is 12.4. The summed E-state index contributed by atoms with van der Waals surface area (Å²) >= 11 is 12.0. The Hall–Kier alpha value is -2.03. The van der Waals surface area contributed by atoms with Crippen molar-refractivity contribution in [3.63, 3.8) is 0 Å². The van der Waals surface area contributed by atoms with Crippen LogP contribution in [0.25, 0.3) is 0 Å². The van der Waals surface area contributed by atoms with Crippen LogP contribution in [0.3, 0.4) is 0 Å². The summed E-state index contributed by atoms with van der Waals surface area (Å²) in [5.74, 6) is -3.97. The molecular formula is C25H26Cl2F2N2O3. The number of carboxylic acid groups (broad SMARTS) is 1. The summed E-state index contributed by atoms with van der Waals surface area (Å²) in [6.45, 7) is -0.150. The fourth-order valence-electron chi connectivity index (χ4n) is 5.55. The second-order valence-corrected chi connectivity index (χ2v) is 10.1. The minimum atomic E-state index is -1.69. The molecule has 1 aliphatic carbocycles. The lowest BCUT2D eigenvalue weighted by atomic mass is 9.65. The molecule has 0 amide bonds. The third kappa shape index (κ3) is 4.25. The number of hydrogen-bond acceptors (Lipinski definition) is 4. The third-order valence-electron chi connectivity index (χ3n) is 7.32. The number of carbonyl (C=O) groups is 1. The van der Waals surface area contributed by atoms with Crippen LogP contribution in [0, 0.1) is 17.0 Å². The van der Waals surface area contributed by atoms with Gasteiger partial charge in [0, 0.05) is 29.2 Å². The van der Waals surface area contributed by atoms with Crippen molar-refractivity contribution in [1.29, 1.82) is 0 Å². The minimum absolute atomic E-state index is 0.0157. The van der Waals surface area contributed by atoms with Crippen molar-refractivity contribution in [2.75, 3.05) is 6.61 Å². The van der Waals surface area contributed by atoms with Crippen molar-refractivity contribution in [2.24, 2.45) is 11.1 Å². The van der Waals surface area contributed by atoms with Crippen LogP contribution in [0.4, 0.5) is 8.78 Å². The SMILES string of the molecule is N[C@]1(c2ccc(Cl)cc2F)[C@H](C[C@]2(CO)CC=CCC2)N[C@@H](C(=O)O)[C@@H]1c1cccc(Cl)c1F. The first-order valence-electron chi connectivity index (χ1n) is 11.1. The van der Waals surface area contributed by atoms with Gasteiger partial charge in [0.15, 0.2) is 0 Å². The molecule has 0 saturated carbocycles. The van der Waals surface area contributed by atoms with Gasteiger partial charge in [-0.3, -0.25) is 10.1 Å². The first-order chi connectivity index (χ1) is 16.1. The Kier molecular flexibility index (Phi) is 7.04. The summed E-state index contributed by atoms with van der Waals surface area (Å²) in [5, 5.41) is 23.4. The molecule has 2 aliphatic rings. The van der Waals surface area contributed by atoms with Crippen LogP contribution in [0.15, 0.2) is 48.6 Å². The molecule has 5 nitrogen and oxygen atoms in total. The van der Waals surface area contributed by atoms with Crippen LogP contribution in [0.1, 0.15) is 42.7 Å². The molecule has 1 saturated heterocycles. The van der Waals surface area contributed by atoms with Gasteiger partial charge >= 0.3 is 5.97 Å². The number of hydrogen-bond donors (Lipinski definition) is 4. The highest BCUT2D eigenvalue weighted by Gasteiger charge is 2.59. The number of benzene rings is 2. The second kappa shape index (κ2) is 9.55. The van der Waals surface area contributed by atoms with Crippen molar-refractivity contribution in [3.05, 3.63) is 81.4 Å². The van der Waals surface area contributed by atoms with Gasteiger partial charge in [0.1, 0.15) is 17.7 Å². The predicted octanol–water partition coefficient (Wildman–Crippen LogP) is 4.74. The lowest BCUT2D eigenvalue weighted by Gasteiger charge is -2.42. The Morgan fingerprint density at radius 3 is 2.59 bits per heavy atom. The molecule has 1 fully saturated rings. The Labute approximate surface area is 206 Å². The fourth-order valence-corrected chi connectivity index (χ4v) is 5.89. The van der Waals surface area contributed by atoms with E-state index in [1.165, 1.54) is 30.3 Å². The first-order valence-corrected chi connectivity index (χ1v) is 11.8. The quantitative estimate of drug-likeness (QED) is 0.421. The normalized spacial score (nSPS) is 31.1. The molecule has 9 heteroatoms. The van der Waals surface area contributed by atoms with Crippen molar-refractivity contribution >= 4 is 29.2 Å². The molecule has 182 valence electrons. The van der Waals surface area contributed by atoms with Gasteiger partial charge in [-0.05, 0) is 54.9 Å². The van der Waals surface area contributed by atoms with Crippen molar-refractivity contribution < 1.29 is 23.8 Å². The molecule has 4 rings (SSSR count). The van der Waals surface area contributed by atoms with Crippen LogP contribution in [-0.4, -0.2) is 34.9 Å². The highest BCUT2D eigenvalue weighted by molar-refractivity contribution is 6.31. The summed E-state index contributed by atoms with van der Waals surface area (Å²) in [7, 11) is 0. The molecule has 2 aromatic carbocycles. The first kappa shape index (κ1) is 25.1. The molecule has 0 spiro atoms. The van der Waals surface area contributed by atoms with Crippen molar-refractivity contribution in [2.45, 2.75) is 49.2 Å². The van der Waals surface area contributed by atoms with Gasteiger partial charge < -0.3 is 15.9 Å². The van der Waals surface area contributed by atoms with Gasteiger partial charge in [0.25, 0.3) is 0 Å². The molecule has 5 atom stereocenters. The van der Waals surface area contributed by atoms with Crippen LogP contribution >= 0.6 is 23.2 Å². The molecule has 34 heavy (non-hydrogen) atoms. The van der Waals surface area contributed by atoms with Gasteiger partial charge in [-0.2, -0.15) is 0 Å². The number of nitrogens with two attached hydrogens (primary N) is 1. The van der Waals surface area contributed by atoms with Gasteiger partial charge in [-0.15, -0.1) is 0 Å². The average molecular weight is 511 g/mol. The number of aliphatic carboxylic acids is 1. The van der Waals surface area contributed by atoms with Gasteiger partial charge in [0.05, 0.1) is 10.6 Å². The van der Waals surface area contributed by atoms with Crippen molar-refractivity contribution in [3.8, 4) is 0 Å². The largest absolute Gasteiger partial charge is 0.480 e. The number of rotatable bonds is 6. The van der Waals surface area contributed by atoms with Crippen LogP contribution in [-0.2, 0) is 10.3 Å². The standard InChI is InChI=1S/C25H26Cl2F2N2O3/c26-14-7-8-16(18(28)11-14)25(30)19(12-24(13-32)9-2-1-3-10-24)31-22(23(33)34)20(25)15-5-4-6-17(27)21(15)29/h1-2,4-8,11,19-20,22,31-32H,3,9-10,12-13,30H2,(H,33,34)/t19-,20-,22+,24-,25+/m0/s1. The van der Waals surface area contributed by atoms with E-state index in [0.29, 0.717) is 12.8 Å². The third-order valence-corrected chi connectivity index (χ3v) is 7.84. The summed E-state index contributed by atoms with van der Waals surface area (Å²) < 4.78 is 30.6. The van der Waals surface area contributed by atoms with E-state index in [9.17, 15) is 15.0 Å². The van der Waals surface area contributed by atoms with E-state index in [2.05, 4.69) is 5.32 Å². The van der Waals surface area contributed by atoms with Gasteiger partial charge in [-0.25, -0.2) is 8.78 Å². The minimum Gasteiger partial charge on any atom is -0.480 e. The summed E-state index contributed by atoms with van der Waals surface area (Å²) in [6.07, 6.45) is 6.22. The predicted molar refractivity (Wildman–Crippen MR) is 127 cm³/mol. The molecule has 0 unspecified atom stereocenters. The maximum absolute atomic E-state index is 15.4. The highest BCUT2D eigenvalue weighted by atomic mass is 35.5. The lowest BCUT2D eigenvalue weighted by molar-refractivity contribution is -0.139. The summed E-state index contributed by atoms with van der Waals surface area (Å²) in [6, 6.07) is 6.15. The maximum Gasteiger partial charge on any atom is 0.321 e. The van der Waals surface area contributed by atoms with Crippen LogP contribution in [0.2, 0.25) is 10.0 Å². The van der Waals surface area contributed by atoms with E-state index < -0.39 is 46.6 Å². The second-order valence-electron chi connectivity index (χ2n) is 9.29. The Morgan fingerprint density at radius 2 is 1.97 bits per heavy atom. The van der Waals surface area contributed by atoms with E-state index >= 15 is 8.78 Å². The number of halogens is 4. The number of aliphatic hydroxyl groups is 1. The van der Waals surface area contributed by atoms with E-state index in [1.807, 2.05) is 12.2 Å².